The number of amides is 1. The number of halogens is 1. The van der Waals surface area contributed by atoms with Gasteiger partial charge >= 0.3 is 0 Å². The molecule has 1 aliphatic rings. The SMILES string of the molecule is O=C1[C@@H](Cc2ccc(F)nc2)CCN1c1nnc(-c2ccncc2)[nH]1. The Labute approximate surface area is 143 Å². The third-order valence-electron chi connectivity index (χ3n) is 4.27. The predicted molar refractivity (Wildman–Crippen MR) is 88.0 cm³/mol. The summed E-state index contributed by atoms with van der Waals surface area (Å²) in [6.07, 6.45) is 6.06. The quantitative estimate of drug-likeness (QED) is 0.735. The molecule has 0 spiro atoms. The van der Waals surface area contributed by atoms with E-state index in [2.05, 4.69) is 25.1 Å². The molecule has 0 bridgehead atoms. The Kier molecular flexibility index (Phi) is 3.93. The van der Waals surface area contributed by atoms with Crippen molar-refractivity contribution in [3.8, 4) is 11.4 Å². The Hall–Kier alpha value is -3.16. The van der Waals surface area contributed by atoms with Gasteiger partial charge in [0.05, 0.1) is 0 Å². The molecule has 0 unspecified atom stereocenters. The summed E-state index contributed by atoms with van der Waals surface area (Å²) in [6.45, 7) is 0.573. The van der Waals surface area contributed by atoms with Gasteiger partial charge in [0.25, 0.3) is 0 Å². The average Bonchev–Trinajstić information content (AvgIpc) is 3.25. The van der Waals surface area contributed by atoms with E-state index in [0.717, 1.165) is 11.1 Å². The molecule has 4 heterocycles. The van der Waals surface area contributed by atoms with Gasteiger partial charge in [-0.1, -0.05) is 6.07 Å². The number of hydrogen-bond donors (Lipinski definition) is 1. The molecule has 1 N–H and O–H groups in total. The van der Waals surface area contributed by atoms with Gasteiger partial charge in [-0.25, -0.2) is 4.98 Å². The van der Waals surface area contributed by atoms with Gasteiger partial charge in [-0.15, -0.1) is 10.2 Å². The second-order valence-corrected chi connectivity index (χ2v) is 5.90. The molecule has 1 saturated heterocycles. The number of aromatic amines is 1. The van der Waals surface area contributed by atoms with Gasteiger partial charge in [0.2, 0.25) is 17.8 Å². The van der Waals surface area contributed by atoms with Crippen LogP contribution in [0.2, 0.25) is 0 Å². The third kappa shape index (κ3) is 3.10. The zero-order chi connectivity index (χ0) is 17.2. The number of rotatable bonds is 4. The lowest BCUT2D eigenvalue weighted by atomic mass is 9.99. The van der Waals surface area contributed by atoms with Crippen LogP contribution in [0.5, 0.6) is 0 Å². The van der Waals surface area contributed by atoms with E-state index in [0.29, 0.717) is 31.2 Å². The molecule has 0 aliphatic carbocycles. The number of H-pyrrole nitrogens is 1. The van der Waals surface area contributed by atoms with Crippen molar-refractivity contribution in [3.63, 3.8) is 0 Å². The highest BCUT2D eigenvalue weighted by Gasteiger charge is 2.34. The van der Waals surface area contributed by atoms with Crippen LogP contribution in [-0.4, -0.2) is 37.6 Å². The number of aromatic nitrogens is 5. The van der Waals surface area contributed by atoms with Gasteiger partial charge in [-0.3, -0.25) is 14.7 Å². The first-order valence-corrected chi connectivity index (χ1v) is 7.95. The molecule has 4 rings (SSSR count). The van der Waals surface area contributed by atoms with E-state index < -0.39 is 5.95 Å². The molecule has 3 aromatic heterocycles. The van der Waals surface area contributed by atoms with Crippen molar-refractivity contribution in [1.29, 1.82) is 0 Å². The molecule has 1 aliphatic heterocycles. The third-order valence-corrected chi connectivity index (χ3v) is 4.27. The number of nitrogens with zero attached hydrogens (tertiary/aromatic N) is 5. The number of nitrogens with one attached hydrogen (secondary N) is 1. The van der Waals surface area contributed by atoms with Crippen molar-refractivity contribution in [2.24, 2.45) is 5.92 Å². The molecule has 0 saturated carbocycles. The molecular weight excluding hydrogens is 323 g/mol. The van der Waals surface area contributed by atoms with Gasteiger partial charge in [-0.05, 0) is 36.6 Å². The highest BCUT2D eigenvalue weighted by Crippen LogP contribution is 2.26. The second-order valence-electron chi connectivity index (χ2n) is 5.90. The maximum absolute atomic E-state index is 12.9. The Morgan fingerprint density at radius 2 is 2.04 bits per heavy atom. The minimum atomic E-state index is -0.520. The number of pyridine rings is 2. The summed E-state index contributed by atoms with van der Waals surface area (Å²) < 4.78 is 12.9. The lowest BCUT2D eigenvalue weighted by Crippen LogP contribution is -2.28. The fourth-order valence-corrected chi connectivity index (χ4v) is 2.96. The van der Waals surface area contributed by atoms with Crippen LogP contribution in [0, 0.1) is 11.9 Å². The summed E-state index contributed by atoms with van der Waals surface area (Å²) in [6, 6.07) is 6.61. The fourth-order valence-electron chi connectivity index (χ4n) is 2.96. The monoisotopic (exact) mass is 338 g/mol. The summed E-state index contributed by atoms with van der Waals surface area (Å²) in [5, 5.41) is 8.20. The van der Waals surface area contributed by atoms with Crippen LogP contribution < -0.4 is 4.90 Å². The van der Waals surface area contributed by atoms with Crippen molar-refractivity contribution in [3.05, 3.63) is 54.4 Å². The van der Waals surface area contributed by atoms with Crippen molar-refractivity contribution in [1.82, 2.24) is 25.1 Å². The van der Waals surface area contributed by atoms with E-state index in [1.807, 2.05) is 12.1 Å². The van der Waals surface area contributed by atoms with Crippen LogP contribution in [0.25, 0.3) is 11.4 Å². The smallest absolute Gasteiger partial charge is 0.232 e. The molecular formula is C17H15FN6O. The van der Waals surface area contributed by atoms with Crippen LogP contribution in [0.15, 0.2) is 42.9 Å². The van der Waals surface area contributed by atoms with Crippen molar-refractivity contribution >= 4 is 11.9 Å². The minimum Gasteiger partial charge on any atom is -0.307 e. The molecule has 0 radical (unpaired) electrons. The van der Waals surface area contributed by atoms with Crippen LogP contribution in [0.1, 0.15) is 12.0 Å². The van der Waals surface area contributed by atoms with Crippen molar-refractivity contribution in [2.75, 3.05) is 11.4 Å². The first-order valence-electron chi connectivity index (χ1n) is 7.95. The summed E-state index contributed by atoms with van der Waals surface area (Å²) >= 11 is 0. The molecule has 1 amide bonds. The number of anilines is 1. The zero-order valence-electron chi connectivity index (χ0n) is 13.3. The second kappa shape index (κ2) is 6.39. The lowest BCUT2D eigenvalue weighted by molar-refractivity contribution is -0.120. The molecule has 7 nitrogen and oxygen atoms in total. The van der Waals surface area contributed by atoms with E-state index in [9.17, 15) is 9.18 Å². The summed E-state index contributed by atoms with van der Waals surface area (Å²) in [5.41, 5.74) is 1.70. The van der Waals surface area contributed by atoms with Gasteiger partial charge in [0.15, 0.2) is 5.82 Å². The fraction of sp³-hybridized carbons (Fsp3) is 0.235. The van der Waals surface area contributed by atoms with E-state index >= 15 is 0 Å². The molecule has 126 valence electrons. The van der Waals surface area contributed by atoms with E-state index in [-0.39, 0.29) is 11.8 Å². The van der Waals surface area contributed by atoms with E-state index in [1.165, 1.54) is 12.3 Å². The van der Waals surface area contributed by atoms with Gasteiger partial charge in [0, 0.05) is 36.6 Å². The van der Waals surface area contributed by atoms with Gasteiger partial charge in [-0.2, -0.15) is 4.39 Å². The first kappa shape index (κ1) is 15.4. The molecule has 8 heteroatoms. The summed E-state index contributed by atoms with van der Waals surface area (Å²) in [4.78, 5) is 25.0. The number of hydrogen-bond acceptors (Lipinski definition) is 5. The van der Waals surface area contributed by atoms with Crippen LogP contribution in [-0.2, 0) is 11.2 Å². The van der Waals surface area contributed by atoms with Crippen LogP contribution >= 0.6 is 0 Å². The molecule has 25 heavy (non-hydrogen) atoms. The highest BCUT2D eigenvalue weighted by molar-refractivity contribution is 5.95. The average molecular weight is 338 g/mol. The van der Waals surface area contributed by atoms with Gasteiger partial charge in [0.1, 0.15) is 0 Å². The standard InChI is InChI=1S/C17H15FN6O/c18-14-2-1-11(10-20-14)9-13-5-8-24(16(13)25)17-21-15(22-23-17)12-3-6-19-7-4-12/h1-4,6-7,10,13H,5,8-9H2,(H,21,22,23)/t13-/m1/s1. The molecule has 0 aromatic carbocycles. The number of carbonyl (C=O) groups is 1. The molecule has 3 aromatic rings. The number of carbonyl (C=O) groups excluding carboxylic acids is 1. The topological polar surface area (TPSA) is 87.7 Å². The Morgan fingerprint density at radius 1 is 1.20 bits per heavy atom. The van der Waals surface area contributed by atoms with Crippen molar-refractivity contribution < 1.29 is 9.18 Å². The van der Waals surface area contributed by atoms with Crippen molar-refractivity contribution in [2.45, 2.75) is 12.8 Å². The largest absolute Gasteiger partial charge is 0.307 e. The maximum atomic E-state index is 12.9. The summed E-state index contributed by atoms with van der Waals surface area (Å²) in [7, 11) is 0. The Bertz CT molecular complexity index is 880. The Balaban J connectivity index is 1.48. The van der Waals surface area contributed by atoms with E-state index in [4.69, 9.17) is 0 Å². The normalized spacial score (nSPS) is 17.2. The maximum Gasteiger partial charge on any atom is 0.232 e. The lowest BCUT2D eigenvalue weighted by Gasteiger charge is -2.12. The van der Waals surface area contributed by atoms with E-state index in [1.54, 1.807) is 23.4 Å². The summed E-state index contributed by atoms with van der Waals surface area (Å²) in [5.74, 6) is 0.338. The highest BCUT2D eigenvalue weighted by atomic mass is 19.1. The molecule has 1 atom stereocenters. The first-order chi connectivity index (χ1) is 12.2. The minimum absolute atomic E-state index is 0.0123. The van der Waals surface area contributed by atoms with Gasteiger partial charge < -0.3 is 4.98 Å². The Morgan fingerprint density at radius 3 is 2.80 bits per heavy atom. The zero-order valence-corrected chi connectivity index (χ0v) is 13.3. The van der Waals surface area contributed by atoms with Crippen LogP contribution in [0.4, 0.5) is 10.3 Å². The van der Waals surface area contributed by atoms with Crippen LogP contribution in [0.3, 0.4) is 0 Å². The molecule has 1 fully saturated rings. The predicted octanol–water partition coefficient (Wildman–Crippen LogP) is 2.00.